The predicted octanol–water partition coefficient (Wildman–Crippen LogP) is 6.40. The molecule has 2 heteroatoms. The van der Waals surface area contributed by atoms with E-state index in [0.29, 0.717) is 0 Å². The minimum Gasteiger partial charge on any atom is -0.304 e. The summed E-state index contributed by atoms with van der Waals surface area (Å²) in [6, 6.07) is 40.2. The molecule has 0 fully saturated rings. The molecule has 0 spiro atoms. The van der Waals surface area contributed by atoms with Crippen LogP contribution >= 0.6 is 0 Å². The van der Waals surface area contributed by atoms with Crippen molar-refractivity contribution in [2.45, 2.75) is 5.41 Å². The summed E-state index contributed by atoms with van der Waals surface area (Å²) >= 11 is 0. The van der Waals surface area contributed by atoms with E-state index in [9.17, 15) is 0 Å². The van der Waals surface area contributed by atoms with Crippen LogP contribution in [0.3, 0.4) is 0 Å². The Morgan fingerprint density at radius 3 is 2.00 bits per heavy atom. The van der Waals surface area contributed by atoms with Crippen molar-refractivity contribution in [2.24, 2.45) is 0 Å². The average Bonchev–Trinajstić information content (AvgIpc) is 2.81. The molecule has 1 aromatic heterocycles. The Labute approximate surface area is 189 Å². The third kappa shape index (κ3) is 2.48. The van der Waals surface area contributed by atoms with Crippen molar-refractivity contribution in [1.29, 1.82) is 0 Å². The van der Waals surface area contributed by atoms with Gasteiger partial charge >= 0.3 is 0 Å². The first-order chi connectivity index (χ1) is 14.4. The van der Waals surface area contributed by atoms with E-state index < -0.39 is 5.41 Å². The SMILES string of the molecule is [Ir].[c-]1cccc2c1-c1nccc3cccc(c13)C2(c1ccccc1)c1ccccc1. The van der Waals surface area contributed by atoms with E-state index in [1.807, 2.05) is 12.3 Å². The number of nitrogens with zero attached hydrogens (tertiary/aromatic N) is 1. The Hall–Kier alpha value is -3.06. The van der Waals surface area contributed by atoms with Gasteiger partial charge in [0.1, 0.15) is 0 Å². The predicted molar refractivity (Wildman–Crippen MR) is 118 cm³/mol. The zero-order chi connectivity index (χ0) is 19.3. The van der Waals surface area contributed by atoms with Crippen molar-refractivity contribution in [2.75, 3.05) is 0 Å². The molecule has 0 unspecified atom stereocenters. The maximum atomic E-state index is 4.80. The van der Waals surface area contributed by atoms with E-state index >= 15 is 0 Å². The Bertz CT molecular complexity index is 1300. The molecule has 6 rings (SSSR count). The molecule has 0 N–H and O–H groups in total. The van der Waals surface area contributed by atoms with Gasteiger partial charge in [0.2, 0.25) is 0 Å². The van der Waals surface area contributed by atoms with Crippen LogP contribution in [0, 0.1) is 6.07 Å². The van der Waals surface area contributed by atoms with Crippen molar-refractivity contribution < 1.29 is 20.1 Å². The fraction of sp³-hybridized carbons (Fsp3) is 0.0357. The summed E-state index contributed by atoms with van der Waals surface area (Å²) in [5.74, 6) is 0. The van der Waals surface area contributed by atoms with Gasteiger partial charge in [-0.3, -0.25) is 0 Å². The maximum absolute atomic E-state index is 4.80. The van der Waals surface area contributed by atoms with E-state index in [0.717, 1.165) is 11.3 Å². The van der Waals surface area contributed by atoms with E-state index in [4.69, 9.17) is 4.98 Å². The van der Waals surface area contributed by atoms with Gasteiger partial charge in [-0.2, -0.15) is 0 Å². The largest absolute Gasteiger partial charge is 0.304 e. The number of fused-ring (bicyclic) bond motifs is 2. The zero-order valence-corrected chi connectivity index (χ0v) is 18.6. The number of aromatic nitrogens is 1. The zero-order valence-electron chi connectivity index (χ0n) is 16.2. The van der Waals surface area contributed by atoms with E-state index in [1.54, 1.807) is 0 Å². The van der Waals surface area contributed by atoms with Gasteiger partial charge in [-0.25, -0.2) is 0 Å². The van der Waals surface area contributed by atoms with Gasteiger partial charge in [0, 0.05) is 31.7 Å². The third-order valence-electron chi connectivity index (χ3n) is 6.11. The summed E-state index contributed by atoms with van der Waals surface area (Å²) in [5, 5.41) is 2.43. The topological polar surface area (TPSA) is 12.9 Å². The van der Waals surface area contributed by atoms with Crippen LogP contribution in [0.2, 0.25) is 0 Å². The smallest absolute Gasteiger partial charge is 0.0365 e. The van der Waals surface area contributed by atoms with Gasteiger partial charge in [0.15, 0.2) is 0 Å². The van der Waals surface area contributed by atoms with Crippen molar-refractivity contribution in [3.05, 3.63) is 138 Å². The number of benzene rings is 4. The minimum absolute atomic E-state index is 0. The monoisotopic (exact) mass is 561 g/mol. The summed E-state index contributed by atoms with van der Waals surface area (Å²) < 4.78 is 0. The Morgan fingerprint density at radius 1 is 0.633 bits per heavy atom. The molecule has 0 aliphatic heterocycles. The number of rotatable bonds is 2. The van der Waals surface area contributed by atoms with Gasteiger partial charge in [0.25, 0.3) is 0 Å². The van der Waals surface area contributed by atoms with Crippen LogP contribution in [-0.2, 0) is 25.5 Å². The second-order valence-electron chi connectivity index (χ2n) is 7.50. The second-order valence-corrected chi connectivity index (χ2v) is 7.50. The van der Waals surface area contributed by atoms with Gasteiger partial charge in [0.05, 0.1) is 0 Å². The third-order valence-corrected chi connectivity index (χ3v) is 6.11. The molecular formula is C28H18IrN-. The first-order valence-corrected chi connectivity index (χ1v) is 9.91. The molecule has 0 saturated heterocycles. The van der Waals surface area contributed by atoms with Gasteiger partial charge in [-0.1, -0.05) is 78.9 Å². The first kappa shape index (κ1) is 18.9. The first-order valence-electron chi connectivity index (χ1n) is 9.91. The molecule has 1 heterocycles. The fourth-order valence-corrected chi connectivity index (χ4v) is 4.99. The number of hydrogen-bond donors (Lipinski definition) is 0. The van der Waals surface area contributed by atoms with Crippen LogP contribution in [0.15, 0.2) is 109 Å². The minimum atomic E-state index is -0.412. The fourth-order valence-electron chi connectivity index (χ4n) is 4.99. The summed E-state index contributed by atoms with van der Waals surface area (Å²) in [6.45, 7) is 0. The van der Waals surface area contributed by atoms with Crippen LogP contribution in [0.5, 0.6) is 0 Å². The van der Waals surface area contributed by atoms with Crippen LogP contribution < -0.4 is 0 Å². The van der Waals surface area contributed by atoms with Crippen molar-refractivity contribution >= 4 is 10.8 Å². The second kappa shape index (κ2) is 7.32. The van der Waals surface area contributed by atoms with E-state index in [2.05, 4.69) is 103 Å². The quantitative estimate of drug-likeness (QED) is 0.224. The molecule has 1 aliphatic carbocycles. The molecule has 0 bridgehead atoms. The number of hydrogen-bond acceptors (Lipinski definition) is 1. The molecule has 1 aliphatic rings. The molecule has 4 aromatic carbocycles. The molecule has 1 nitrogen and oxygen atoms in total. The van der Waals surface area contributed by atoms with Gasteiger partial charge < -0.3 is 4.98 Å². The van der Waals surface area contributed by atoms with Crippen LogP contribution in [-0.4, -0.2) is 4.98 Å². The van der Waals surface area contributed by atoms with E-state index in [1.165, 1.54) is 33.0 Å². The summed E-state index contributed by atoms with van der Waals surface area (Å²) in [4.78, 5) is 4.80. The maximum Gasteiger partial charge on any atom is 0.0365 e. The molecule has 1 radical (unpaired) electrons. The Morgan fingerprint density at radius 2 is 1.30 bits per heavy atom. The van der Waals surface area contributed by atoms with E-state index in [-0.39, 0.29) is 20.1 Å². The standard InChI is InChI=1S/C28H18N.Ir/c1-3-11-21(12-4-1)28(22-13-5-2-6-14-22)24-16-8-7-15-23(24)27-26-20(18-19-29-27)10-9-17-25(26)28;/h1-14,16-19H;/q-1;. The van der Waals surface area contributed by atoms with Crippen LogP contribution in [0.4, 0.5) is 0 Å². The Balaban J connectivity index is 0.00000193. The van der Waals surface area contributed by atoms with Crippen LogP contribution in [0.1, 0.15) is 22.3 Å². The molecule has 0 amide bonds. The molecule has 5 aromatic rings. The normalized spacial score (nSPS) is 13.3. The van der Waals surface area contributed by atoms with Crippen molar-refractivity contribution in [3.63, 3.8) is 0 Å². The van der Waals surface area contributed by atoms with Gasteiger partial charge in [-0.05, 0) is 39.2 Å². The molecular weight excluding hydrogens is 543 g/mol. The Kier molecular flexibility index (Phi) is 4.62. The number of pyridine rings is 1. The summed E-state index contributed by atoms with van der Waals surface area (Å²) in [7, 11) is 0. The van der Waals surface area contributed by atoms with Crippen molar-refractivity contribution in [1.82, 2.24) is 4.98 Å². The van der Waals surface area contributed by atoms with Gasteiger partial charge in [-0.15, -0.1) is 35.4 Å². The average molecular weight is 561 g/mol. The molecule has 30 heavy (non-hydrogen) atoms. The molecule has 0 atom stereocenters. The summed E-state index contributed by atoms with van der Waals surface area (Å²) in [6.07, 6.45) is 1.91. The summed E-state index contributed by atoms with van der Waals surface area (Å²) in [5.41, 5.74) is 6.73. The van der Waals surface area contributed by atoms with Crippen LogP contribution in [0.25, 0.3) is 22.0 Å². The molecule has 145 valence electrons. The van der Waals surface area contributed by atoms with Crippen molar-refractivity contribution in [3.8, 4) is 11.3 Å². The molecule has 0 saturated carbocycles.